The number of ether oxygens (including phenoxy) is 1. The Morgan fingerprint density at radius 2 is 1.91 bits per heavy atom. The average Bonchev–Trinajstić information content (AvgIpc) is 3.49. The Balaban J connectivity index is 1.64. The molecule has 0 spiro atoms. The van der Waals surface area contributed by atoms with Crippen molar-refractivity contribution < 1.29 is 23.8 Å². The van der Waals surface area contributed by atoms with Crippen molar-refractivity contribution in [3.05, 3.63) is 92.5 Å². The van der Waals surface area contributed by atoms with E-state index < -0.39 is 23.5 Å². The first-order valence-electron chi connectivity index (χ1n) is 10.1. The standard InChI is InChI=1S/C25H18ClNO5S/c1-13-9-10-33-24(13)21-20(22(28)19-12-14-11-15(26)3-8-18(14)32-19)23(29)25(30)27(21)16-4-6-17(31-2)7-5-16/h3-12,21,29H,1-2H3. The molecule has 2 aromatic heterocycles. The molecule has 0 aliphatic carbocycles. The molecule has 1 unspecified atom stereocenters. The number of methoxy groups -OCH3 is 1. The summed E-state index contributed by atoms with van der Waals surface area (Å²) in [6.07, 6.45) is 0. The number of nitrogens with zero attached hydrogens (tertiary/aromatic N) is 1. The zero-order valence-corrected chi connectivity index (χ0v) is 19.2. The number of rotatable bonds is 5. The van der Waals surface area contributed by atoms with Crippen LogP contribution in [0.25, 0.3) is 11.0 Å². The summed E-state index contributed by atoms with van der Waals surface area (Å²) in [4.78, 5) is 29.1. The van der Waals surface area contributed by atoms with E-state index in [2.05, 4.69) is 0 Å². The highest BCUT2D eigenvalue weighted by atomic mass is 35.5. The number of fused-ring (bicyclic) bond motifs is 1. The van der Waals surface area contributed by atoms with Crippen LogP contribution in [0.2, 0.25) is 5.02 Å². The SMILES string of the molecule is COc1ccc(N2C(=O)C(O)=C(C(=O)c3cc4cc(Cl)ccc4o3)C2c2sccc2C)cc1. The molecule has 8 heteroatoms. The Hall–Kier alpha value is -3.55. The number of benzene rings is 2. The van der Waals surface area contributed by atoms with Crippen LogP contribution in [0.3, 0.4) is 0 Å². The number of hydrogen-bond donors (Lipinski definition) is 1. The lowest BCUT2D eigenvalue weighted by Gasteiger charge is -2.26. The van der Waals surface area contributed by atoms with Crippen LogP contribution in [0.5, 0.6) is 5.75 Å². The van der Waals surface area contributed by atoms with Crippen LogP contribution >= 0.6 is 22.9 Å². The van der Waals surface area contributed by atoms with Crippen molar-refractivity contribution in [2.24, 2.45) is 0 Å². The molecule has 1 N–H and O–H groups in total. The lowest BCUT2D eigenvalue weighted by Crippen LogP contribution is -2.30. The molecule has 2 aromatic carbocycles. The van der Waals surface area contributed by atoms with Gasteiger partial charge < -0.3 is 14.3 Å². The van der Waals surface area contributed by atoms with Gasteiger partial charge in [-0.15, -0.1) is 11.3 Å². The zero-order chi connectivity index (χ0) is 23.3. The van der Waals surface area contributed by atoms with Crippen LogP contribution in [0, 0.1) is 6.92 Å². The number of furan rings is 1. The minimum absolute atomic E-state index is 0.0217. The Labute approximate surface area is 198 Å². The maximum Gasteiger partial charge on any atom is 0.294 e. The van der Waals surface area contributed by atoms with Gasteiger partial charge in [0.1, 0.15) is 17.4 Å². The number of aliphatic hydroxyl groups excluding tert-OH is 1. The summed E-state index contributed by atoms with van der Waals surface area (Å²) in [6, 6.07) is 14.6. The molecule has 4 aromatic rings. The highest BCUT2D eigenvalue weighted by Crippen LogP contribution is 2.45. The molecule has 0 radical (unpaired) electrons. The summed E-state index contributed by atoms with van der Waals surface area (Å²) in [5.74, 6) is -1.14. The third kappa shape index (κ3) is 3.50. The fourth-order valence-electron chi connectivity index (χ4n) is 4.02. The van der Waals surface area contributed by atoms with Crippen molar-refractivity contribution in [1.82, 2.24) is 0 Å². The Morgan fingerprint density at radius 3 is 2.58 bits per heavy atom. The average molecular weight is 480 g/mol. The number of amides is 1. The van der Waals surface area contributed by atoms with Crippen LogP contribution in [0.1, 0.15) is 27.0 Å². The van der Waals surface area contributed by atoms with Crippen molar-refractivity contribution in [3.8, 4) is 5.75 Å². The first-order chi connectivity index (χ1) is 15.9. The highest BCUT2D eigenvalue weighted by molar-refractivity contribution is 7.10. The molecule has 1 aliphatic rings. The Morgan fingerprint density at radius 1 is 1.15 bits per heavy atom. The molecule has 166 valence electrons. The number of thiophene rings is 1. The van der Waals surface area contributed by atoms with E-state index in [9.17, 15) is 14.7 Å². The second kappa shape index (κ2) is 8.10. The van der Waals surface area contributed by atoms with Crippen LogP contribution in [-0.2, 0) is 4.79 Å². The molecule has 1 aliphatic heterocycles. The second-order valence-electron chi connectivity index (χ2n) is 7.63. The van der Waals surface area contributed by atoms with Crippen LogP contribution < -0.4 is 9.64 Å². The number of anilines is 1. The summed E-state index contributed by atoms with van der Waals surface area (Å²) < 4.78 is 11.0. The first-order valence-corrected chi connectivity index (χ1v) is 11.3. The number of aliphatic hydroxyl groups is 1. The number of hydrogen-bond acceptors (Lipinski definition) is 6. The summed E-state index contributed by atoms with van der Waals surface area (Å²) in [7, 11) is 1.55. The lowest BCUT2D eigenvalue weighted by atomic mass is 9.98. The summed E-state index contributed by atoms with van der Waals surface area (Å²) in [6.45, 7) is 1.91. The highest BCUT2D eigenvalue weighted by Gasteiger charge is 2.46. The molecule has 1 amide bonds. The molecular weight excluding hydrogens is 462 g/mol. The van der Waals surface area contributed by atoms with Gasteiger partial charge in [0.15, 0.2) is 11.5 Å². The predicted molar refractivity (Wildman–Crippen MR) is 127 cm³/mol. The number of ketones is 1. The van der Waals surface area contributed by atoms with E-state index in [1.807, 2.05) is 18.4 Å². The topological polar surface area (TPSA) is 80.0 Å². The number of aryl methyl sites for hydroxylation is 1. The number of carbonyl (C=O) groups is 2. The molecule has 0 saturated heterocycles. The van der Waals surface area contributed by atoms with E-state index in [-0.39, 0.29) is 11.3 Å². The molecule has 33 heavy (non-hydrogen) atoms. The number of carbonyl (C=O) groups excluding carboxylic acids is 2. The van der Waals surface area contributed by atoms with E-state index in [1.165, 1.54) is 16.2 Å². The maximum atomic E-state index is 13.6. The van der Waals surface area contributed by atoms with Crippen molar-refractivity contribution in [1.29, 1.82) is 0 Å². The van der Waals surface area contributed by atoms with Gasteiger partial charge in [0.2, 0.25) is 5.78 Å². The van der Waals surface area contributed by atoms with Crippen LogP contribution in [0.15, 0.2) is 75.7 Å². The smallest absolute Gasteiger partial charge is 0.294 e. The molecule has 1 atom stereocenters. The van der Waals surface area contributed by atoms with Crippen molar-refractivity contribution in [3.63, 3.8) is 0 Å². The Bertz CT molecular complexity index is 1430. The van der Waals surface area contributed by atoms with Gasteiger partial charge in [-0.05, 0) is 72.5 Å². The molecule has 0 bridgehead atoms. The van der Waals surface area contributed by atoms with E-state index >= 15 is 0 Å². The third-order valence-corrected chi connectivity index (χ3v) is 6.96. The minimum atomic E-state index is -0.796. The van der Waals surface area contributed by atoms with Gasteiger partial charge in [-0.25, -0.2) is 0 Å². The summed E-state index contributed by atoms with van der Waals surface area (Å²) in [5.41, 5.74) is 1.91. The van der Waals surface area contributed by atoms with Gasteiger partial charge in [-0.2, -0.15) is 0 Å². The van der Waals surface area contributed by atoms with Gasteiger partial charge in [0, 0.05) is 21.0 Å². The maximum absolute atomic E-state index is 13.6. The number of Topliss-reactive ketones (excluding diaryl/α,β-unsaturated/α-hetero) is 1. The van der Waals surface area contributed by atoms with Gasteiger partial charge >= 0.3 is 0 Å². The molecular formula is C25H18ClNO5S. The van der Waals surface area contributed by atoms with Gasteiger partial charge in [-0.3, -0.25) is 14.5 Å². The molecule has 6 nitrogen and oxygen atoms in total. The largest absolute Gasteiger partial charge is 0.503 e. The molecule has 0 saturated carbocycles. The second-order valence-corrected chi connectivity index (χ2v) is 9.01. The quantitative estimate of drug-likeness (QED) is 0.342. The van der Waals surface area contributed by atoms with Gasteiger partial charge in [0.25, 0.3) is 5.91 Å². The van der Waals surface area contributed by atoms with Crippen molar-refractivity contribution in [2.75, 3.05) is 12.0 Å². The zero-order valence-electron chi connectivity index (χ0n) is 17.7. The van der Waals surface area contributed by atoms with Crippen LogP contribution in [-0.4, -0.2) is 23.9 Å². The van der Waals surface area contributed by atoms with E-state index in [1.54, 1.807) is 55.6 Å². The molecule has 3 heterocycles. The Kier molecular flexibility index (Phi) is 5.23. The molecule has 0 fully saturated rings. The minimum Gasteiger partial charge on any atom is -0.503 e. The van der Waals surface area contributed by atoms with Crippen molar-refractivity contribution in [2.45, 2.75) is 13.0 Å². The summed E-state index contributed by atoms with van der Waals surface area (Å²) >= 11 is 7.47. The van der Waals surface area contributed by atoms with Gasteiger partial charge in [-0.1, -0.05) is 11.6 Å². The third-order valence-electron chi connectivity index (χ3n) is 5.66. The lowest BCUT2D eigenvalue weighted by molar-refractivity contribution is -0.117. The van der Waals surface area contributed by atoms with E-state index in [0.717, 1.165) is 10.4 Å². The van der Waals surface area contributed by atoms with Crippen molar-refractivity contribution >= 4 is 51.3 Å². The summed E-state index contributed by atoms with van der Waals surface area (Å²) in [5, 5.41) is 13.9. The van der Waals surface area contributed by atoms with Gasteiger partial charge in [0.05, 0.1) is 12.7 Å². The fraction of sp³-hybridized carbons (Fsp3) is 0.120. The number of halogens is 1. The molecule has 5 rings (SSSR count). The monoisotopic (exact) mass is 479 g/mol. The van der Waals surface area contributed by atoms with Crippen LogP contribution in [0.4, 0.5) is 5.69 Å². The predicted octanol–water partition coefficient (Wildman–Crippen LogP) is 6.25. The van der Waals surface area contributed by atoms with E-state index in [0.29, 0.717) is 27.4 Å². The van der Waals surface area contributed by atoms with E-state index in [4.69, 9.17) is 20.8 Å². The first kappa shape index (κ1) is 21.3. The fourth-order valence-corrected chi connectivity index (χ4v) is 5.22. The normalized spacial score (nSPS) is 16.2.